The summed E-state index contributed by atoms with van der Waals surface area (Å²) in [6, 6.07) is 7.03. The zero-order chi connectivity index (χ0) is 11.8. The van der Waals surface area contributed by atoms with Crippen molar-refractivity contribution in [3.63, 3.8) is 0 Å². The van der Waals surface area contributed by atoms with Gasteiger partial charge in [0.05, 0.1) is 0 Å². The molecule has 0 aliphatic heterocycles. The predicted octanol–water partition coefficient (Wildman–Crippen LogP) is 2.65. The quantitative estimate of drug-likeness (QED) is 0.853. The molecule has 0 atom stereocenters. The van der Waals surface area contributed by atoms with Crippen LogP contribution in [-0.4, -0.2) is 16.3 Å². The highest BCUT2D eigenvalue weighted by atomic mass is 19.3. The average molecular weight is 225 g/mol. The molecule has 16 heavy (non-hydrogen) atoms. The van der Waals surface area contributed by atoms with Gasteiger partial charge in [-0.3, -0.25) is 0 Å². The maximum Gasteiger partial charge on any atom is 0.277 e. The number of rotatable bonds is 3. The van der Waals surface area contributed by atoms with Gasteiger partial charge in [0.15, 0.2) is 0 Å². The lowest BCUT2D eigenvalue weighted by atomic mass is 10.1. The molecule has 2 rings (SSSR count). The van der Waals surface area contributed by atoms with Crippen LogP contribution in [0.25, 0.3) is 10.9 Å². The van der Waals surface area contributed by atoms with Crippen LogP contribution in [-0.2, 0) is 13.0 Å². The third-order valence-electron chi connectivity index (χ3n) is 2.72. The van der Waals surface area contributed by atoms with E-state index in [-0.39, 0.29) is 5.56 Å². The van der Waals surface area contributed by atoms with Crippen LogP contribution in [0.3, 0.4) is 0 Å². The van der Waals surface area contributed by atoms with Gasteiger partial charge in [-0.15, -0.1) is 0 Å². The topological polar surface area (TPSA) is 25.2 Å². The second-order valence-electron chi connectivity index (χ2n) is 3.85. The van der Waals surface area contributed by atoms with Gasteiger partial charge in [-0.2, -0.15) is 0 Å². The van der Waals surface area contributed by atoms with Gasteiger partial charge in [0.2, 0.25) is 0 Å². The molecule has 0 unspecified atom stereocenters. The summed E-state index contributed by atoms with van der Waals surface area (Å²) in [5.74, 6) is -2.98. The van der Waals surface area contributed by atoms with Crippen molar-refractivity contribution in [3.8, 4) is 0 Å². The van der Waals surface area contributed by atoms with E-state index in [1.807, 2.05) is 6.07 Å². The Labute approximate surface area is 92.1 Å². The van der Waals surface area contributed by atoms with Crippen LogP contribution in [0.4, 0.5) is 8.78 Å². The standard InChI is InChI=1S/C12H13F2NO/c1-15-8-10(12(13,14)6-7-16)9-4-2-3-5-11(9)15/h2-5,8,16H,6-7H2,1H3. The van der Waals surface area contributed by atoms with Crippen molar-refractivity contribution in [3.05, 3.63) is 36.0 Å². The van der Waals surface area contributed by atoms with Gasteiger partial charge >= 0.3 is 0 Å². The first-order valence-electron chi connectivity index (χ1n) is 5.09. The zero-order valence-electron chi connectivity index (χ0n) is 8.95. The van der Waals surface area contributed by atoms with Crippen molar-refractivity contribution in [2.24, 2.45) is 7.05 Å². The smallest absolute Gasteiger partial charge is 0.277 e. The molecule has 1 heterocycles. The van der Waals surface area contributed by atoms with Crippen molar-refractivity contribution >= 4 is 10.9 Å². The fourth-order valence-electron chi connectivity index (χ4n) is 1.91. The number of nitrogens with zero attached hydrogens (tertiary/aromatic N) is 1. The number of para-hydroxylation sites is 1. The number of fused-ring (bicyclic) bond motifs is 1. The summed E-state index contributed by atoms with van der Waals surface area (Å²) < 4.78 is 29.1. The van der Waals surface area contributed by atoms with Crippen molar-refractivity contribution in [2.45, 2.75) is 12.3 Å². The van der Waals surface area contributed by atoms with E-state index in [4.69, 9.17) is 5.11 Å². The number of aryl methyl sites for hydroxylation is 1. The number of aromatic nitrogens is 1. The number of hydrogen-bond acceptors (Lipinski definition) is 1. The molecule has 0 fully saturated rings. The molecule has 0 radical (unpaired) electrons. The first kappa shape index (κ1) is 11.1. The second kappa shape index (κ2) is 3.87. The Morgan fingerprint density at radius 1 is 1.31 bits per heavy atom. The molecule has 1 aromatic heterocycles. The Bertz CT molecular complexity index is 505. The lowest BCUT2D eigenvalue weighted by Gasteiger charge is -2.13. The second-order valence-corrected chi connectivity index (χ2v) is 3.85. The van der Waals surface area contributed by atoms with Crippen molar-refractivity contribution in [1.82, 2.24) is 4.57 Å². The molecule has 86 valence electrons. The molecule has 2 nitrogen and oxygen atoms in total. The van der Waals surface area contributed by atoms with Crippen molar-refractivity contribution in [2.75, 3.05) is 6.61 Å². The Balaban J connectivity index is 2.61. The van der Waals surface area contributed by atoms with Crippen LogP contribution in [0.2, 0.25) is 0 Å². The molecule has 2 aromatic rings. The highest BCUT2D eigenvalue weighted by Crippen LogP contribution is 2.36. The number of halogens is 2. The van der Waals surface area contributed by atoms with Gasteiger partial charge in [-0.05, 0) is 6.07 Å². The van der Waals surface area contributed by atoms with E-state index in [1.54, 1.807) is 29.8 Å². The molecule has 0 saturated carbocycles. The predicted molar refractivity (Wildman–Crippen MR) is 58.5 cm³/mol. The van der Waals surface area contributed by atoms with Crippen LogP contribution in [0.1, 0.15) is 12.0 Å². The summed E-state index contributed by atoms with van der Waals surface area (Å²) in [4.78, 5) is 0. The normalized spacial score (nSPS) is 12.2. The summed E-state index contributed by atoms with van der Waals surface area (Å²) in [6.45, 7) is -0.518. The molecule has 4 heteroatoms. The molecule has 0 bridgehead atoms. The van der Waals surface area contributed by atoms with E-state index in [0.29, 0.717) is 5.39 Å². The largest absolute Gasteiger partial charge is 0.396 e. The van der Waals surface area contributed by atoms with Crippen LogP contribution in [0.5, 0.6) is 0 Å². The van der Waals surface area contributed by atoms with Crippen LogP contribution in [0, 0.1) is 0 Å². The van der Waals surface area contributed by atoms with Gasteiger partial charge in [0.25, 0.3) is 5.92 Å². The molecular weight excluding hydrogens is 212 g/mol. The zero-order valence-corrected chi connectivity index (χ0v) is 8.95. The third kappa shape index (κ3) is 1.69. The SMILES string of the molecule is Cn1cc(C(F)(F)CCO)c2ccccc21. The van der Waals surface area contributed by atoms with E-state index < -0.39 is 19.0 Å². The summed E-state index contributed by atoms with van der Waals surface area (Å²) in [5.41, 5.74) is 0.759. The Morgan fingerprint density at radius 3 is 2.69 bits per heavy atom. The Kier molecular flexibility index (Phi) is 2.68. The monoisotopic (exact) mass is 225 g/mol. The van der Waals surface area contributed by atoms with Gasteiger partial charge in [-0.25, -0.2) is 8.78 Å². The minimum atomic E-state index is -2.98. The number of aliphatic hydroxyl groups is 1. The Hall–Kier alpha value is -1.42. The molecule has 1 aromatic carbocycles. The fraction of sp³-hybridized carbons (Fsp3) is 0.333. The van der Waals surface area contributed by atoms with E-state index in [9.17, 15) is 8.78 Å². The van der Waals surface area contributed by atoms with Crippen molar-refractivity contribution < 1.29 is 13.9 Å². The van der Waals surface area contributed by atoms with Gasteiger partial charge in [0, 0.05) is 42.7 Å². The minimum Gasteiger partial charge on any atom is -0.396 e. The number of hydrogen-bond donors (Lipinski definition) is 1. The lowest BCUT2D eigenvalue weighted by molar-refractivity contribution is -0.0256. The highest BCUT2D eigenvalue weighted by Gasteiger charge is 2.33. The van der Waals surface area contributed by atoms with Gasteiger partial charge < -0.3 is 9.67 Å². The highest BCUT2D eigenvalue weighted by molar-refractivity contribution is 5.84. The maximum absolute atomic E-state index is 13.7. The van der Waals surface area contributed by atoms with Gasteiger partial charge in [0.1, 0.15) is 0 Å². The van der Waals surface area contributed by atoms with Crippen LogP contribution >= 0.6 is 0 Å². The van der Waals surface area contributed by atoms with E-state index in [2.05, 4.69) is 0 Å². The van der Waals surface area contributed by atoms with E-state index >= 15 is 0 Å². The summed E-state index contributed by atoms with van der Waals surface area (Å²) in [6.07, 6.45) is 0.890. The van der Waals surface area contributed by atoms with E-state index in [0.717, 1.165) is 5.52 Å². The molecule has 0 saturated heterocycles. The number of aliphatic hydroxyl groups excluding tert-OH is 1. The fourth-order valence-corrected chi connectivity index (χ4v) is 1.91. The lowest BCUT2D eigenvalue weighted by Crippen LogP contribution is -2.14. The Morgan fingerprint density at radius 2 is 2.00 bits per heavy atom. The van der Waals surface area contributed by atoms with Gasteiger partial charge in [-0.1, -0.05) is 18.2 Å². The summed E-state index contributed by atoms with van der Waals surface area (Å²) in [7, 11) is 1.74. The third-order valence-corrected chi connectivity index (χ3v) is 2.72. The van der Waals surface area contributed by atoms with Crippen LogP contribution < -0.4 is 0 Å². The molecule has 0 aliphatic rings. The van der Waals surface area contributed by atoms with Crippen LogP contribution in [0.15, 0.2) is 30.5 Å². The van der Waals surface area contributed by atoms with E-state index in [1.165, 1.54) is 6.20 Å². The van der Waals surface area contributed by atoms with Crippen molar-refractivity contribution in [1.29, 1.82) is 0 Å². The number of alkyl halides is 2. The summed E-state index contributed by atoms with van der Waals surface area (Å²) in [5, 5.41) is 9.20. The maximum atomic E-state index is 13.7. The molecular formula is C12H13F2NO. The first-order valence-corrected chi connectivity index (χ1v) is 5.09. The average Bonchev–Trinajstić information content (AvgIpc) is 2.58. The summed E-state index contributed by atoms with van der Waals surface area (Å²) >= 11 is 0. The minimum absolute atomic E-state index is 0.0142. The molecule has 0 amide bonds. The number of benzene rings is 1. The molecule has 0 spiro atoms. The molecule has 1 N–H and O–H groups in total. The first-order chi connectivity index (χ1) is 7.56. The molecule has 0 aliphatic carbocycles.